The van der Waals surface area contributed by atoms with E-state index < -0.39 is 0 Å². The molecule has 2 aliphatic rings. The van der Waals surface area contributed by atoms with Crippen molar-refractivity contribution in [3.05, 3.63) is 35.6 Å². The summed E-state index contributed by atoms with van der Waals surface area (Å²) in [5, 5.41) is 0. The number of allylic oxidation sites excluding steroid dienone is 5. The van der Waals surface area contributed by atoms with Crippen LogP contribution in [0.1, 0.15) is 6.42 Å². The predicted molar refractivity (Wildman–Crippen MR) is 46.3 cm³/mol. The van der Waals surface area contributed by atoms with Crippen LogP contribution in [0.5, 0.6) is 0 Å². The van der Waals surface area contributed by atoms with Crippen molar-refractivity contribution in [3.63, 3.8) is 0 Å². The minimum Gasteiger partial charge on any atom is -0.248 e. The summed E-state index contributed by atoms with van der Waals surface area (Å²) in [4.78, 5) is 4.13. The van der Waals surface area contributed by atoms with Crippen molar-refractivity contribution < 1.29 is 0 Å². The van der Waals surface area contributed by atoms with Gasteiger partial charge in [-0.3, -0.25) is 0 Å². The number of halogens is 1. The van der Waals surface area contributed by atoms with Gasteiger partial charge in [-0.2, -0.15) is 0 Å². The number of hydrogen-bond acceptors (Lipinski definition) is 1. The van der Waals surface area contributed by atoms with Gasteiger partial charge in [-0.25, -0.2) is 4.99 Å². The molecule has 1 aliphatic heterocycles. The average molecular weight is 196 g/mol. The van der Waals surface area contributed by atoms with Crippen molar-refractivity contribution >= 4 is 20.6 Å². The minimum atomic E-state index is 0.965. The van der Waals surface area contributed by atoms with E-state index in [1.54, 1.807) is 0 Å². The van der Waals surface area contributed by atoms with Crippen molar-refractivity contribution in [2.24, 2.45) is 4.99 Å². The van der Waals surface area contributed by atoms with Crippen LogP contribution in [-0.2, 0) is 0 Å². The van der Waals surface area contributed by atoms with Gasteiger partial charge >= 0.3 is 0 Å². The minimum absolute atomic E-state index is 0.965. The predicted octanol–water partition coefficient (Wildman–Crippen LogP) is 2.56. The molecule has 0 aromatic carbocycles. The number of hydrogen-bond donors (Lipinski definition) is 0. The Balaban J connectivity index is 2.45. The maximum Gasteiger partial charge on any atom is 0.113 e. The third-order valence-corrected chi connectivity index (χ3v) is 2.24. The van der Waals surface area contributed by atoms with Gasteiger partial charge in [-0.05, 0) is 22.4 Å². The van der Waals surface area contributed by atoms with Crippen molar-refractivity contribution in [1.82, 2.24) is 0 Å². The number of aliphatic imine (C=N–C) groups is 1. The molecule has 1 heterocycles. The highest BCUT2D eigenvalue weighted by Gasteiger charge is 2.13. The summed E-state index contributed by atoms with van der Waals surface area (Å²) in [6, 6.07) is 0. The van der Waals surface area contributed by atoms with Crippen LogP contribution in [0, 0.1) is 0 Å². The van der Waals surface area contributed by atoms with Crippen molar-refractivity contribution in [2.45, 2.75) is 6.42 Å². The Morgan fingerprint density at radius 1 is 1.50 bits per heavy atom. The van der Waals surface area contributed by atoms with Gasteiger partial charge < -0.3 is 0 Å². The molecule has 1 aliphatic carbocycles. The molecule has 0 N–H and O–H groups in total. The molecule has 0 bridgehead atoms. The fraction of sp³-hybridized carbons (Fsp3) is 0.125. The summed E-state index contributed by atoms with van der Waals surface area (Å²) in [5.74, 6) is 0. The summed E-state index contributed by atoms with van der Waals surface area (Å²) in [6.07, 6.45) is 9.32. The summed E-state index contributed by atoms with van der Waals surface area (Å²) >= 11 is 3.38. The normalized spacial score (nSPS) is 21.5. The Hall–Kier alpha value is -0.630. The van der Waals surface area contributed by atoms with E-state index in [1.165, 1.54) is 11.1 Å². The van der Waals surface area contributed by atoms with Gasteiger partial charge in [-0.1, -0.05) is 18.2 Å². The fourth-order valence-corrected chi connectivity index (χ4v) is 1.59. The molecule has 0 amide bonds. The lowest BCUT2D eigenvalue weighted by Gasteiger charge is -2.03. The smallest absolute Gasteiger partial charge is 0.113 e. The third kappa shape index (κ3) is 0.797. The van der Waals surface area contributed by atoms with Gasteiger partial charge in [0.15, 0.2) is 0 Å². The Morgan fingerprint density at radius 3 is 3.20 bits per heavy atom. The first-order valence-electron chi connectivity index (χ1n) is 3.19. The second-order valence-corrected chi connectivity index (χ2v) is 3.01. The van der Waals surface area contributed by atoms with Gasteiger partial charge in [0, 0.05) is 17.3 Å². The van der Waals surface area contributed by atoms with E-state index >= 15 is 0 Å². The molecule has 2 rings (SSSR count). The summed E-state index contributed by atoms with van der Waals surface area (Å²) < 4.78 is 0.965. The zero-order chi connectivity index (χ0) is 6.97. The van der Waals surface area contributed by atoms with Crippen LogP contribution in [-0.4, -0.2) is 4.62 Å². The monoisotopic (exact) mass is 195 g/mol. The number of fused-ring (bicyclic) bond motifs is 1. The summed E-state index contributed by atoms with van der Waals surface area (Å²) in [6.45, 7) is 0. The first-order valence-corrected chi connectivity index (χ1v) is 3.98. The molecule has 0 radical (unpaired) electrons. The number of nitrogens with zero attached hydrogens (tertiary/aromatic N) is 1. The highest BCUT2D eigenvalue weighted by molar-refractivity contribution is 9.18. The van der Waals surface area contributed by atoms with Crippen LogP contribution in [0.25, 0.3) is 0 Å². The van der Waals surface area contributed by atoms with E-state index in [-0.39, 0.29) is 0 Å². The molecule has 0 unspecified atom stereocenters. The zero-order valence-corrected chi connectivity index (χ0v) is 6.93. The van der Waals surface area contributed by atoms with Gasteiger partial charge in [0.05, 0.1) is 0 Å². The average Bonchev–Trinajstić information content (AvgIpc) is 2.34. The molecule has 2 heteroatoms. The lowest BCUT2D eigenvalue weighted by atomic mass is 10.0. The molecule has 1 nitrogen and oxygen atoms in total. The molecule has 0 spiro atoms. The molecule has 0 fully saturated rings. The summed E-state index contributed by atoms with van der Waals surface area (Å²) in [7, 11) is 0. The number of rotatable bonds is 0. The Morgan fingerprint density at radius 2 is 2.40 bits per heavy atom. The topological polar surface area (TPSA) is 12.4 Å². The van der Waals surface area contributed by atoms with Crippen molar-refractivity contribution in [1.29, 1.82) is 0 Å². The standard InChI is InChI=1S/C8H6BrN/c9-8-7-4-2-1-3-6(7)5-10-8/h1,3-5H,2H2. The van der Waals surface area contributed by atoms with Gasteiger partial charge in [0.25, 0.3) is 0 Å². The fourth-order valence-electron chi connectivity index (χ4n) is 1.10. The molecule has 0 saturated heterocycles. The second kappa shape index (κ2) is 2.20. The Kier molecular flexibility index (Phi) is 1.34. The van der Waals surface area contributed by atoms with Crippen LogP contribution < -0.4 is 0 Å². The van der Waals surface area contributed by atoms with Gasteiger partial charge in [0.2, 0.25) is 0 Å². The van der Waals surface area contributed by atoms with E-state index in [0.717, 1.165) is 11.0 Å². The van der Waals surface area contributed by atoms with Crippen molar-refractivity contribution in [3.8, 4) is 0 Å². The molecule has 10 heavy (non-hydrogen) atoms. The third-order valence-electron chi connectivity index (χ3n) is 1.61. The lowest BCUT2D eigenvalue weighted by molar-refractivity contribution is 1.32. The first kappa shape index (κ1) is 6.10. The van der Waals surface area contributed by atoms with Crippen LogP contribution in [0.2, 0.25) is 0 Å². The molecular formula is C8H6BrN. The largest absolute Gasteiger partial charge is 0.248 e. The van der Waals surface area contributed by atoms with E-state index in [0.29, 0.717) is 0 Å². The van der Waals surface area contributed by atoms with Crippen LogP contribution in [0.4, 0.5) is 0 Å². The van der Waals surface area contributed by atoms with Gasteiger partial charge in [0.1, 0.15) is 4.62 Å². The van der Waals surface area contributed by atoms with E-state index in [9.17, 15) is 0 Å². The van der Waals surface area contributed by atoms with Gasteiger partial charge in [-0.15, -0.1) is 0 Å². The highest BCUT2D eigenvalue weighted by Crippen LogP contribution is 2.26. The van der Waals surface area contributed by atoms with E-state index in [1.807, 2.05) is 6.20 Å². The molecule has 0 aromatic heterocycles. The van der Waals surface area contributed by atoms with Crippen molar-refractivity contribution in [2.75, 3.05) is 0 Å². The molecule has 50 valence electrons. The molecule has 0 aromatic rings. The quantitative estimate of drug-likeness (QED) is 0.564. The zero-order valence-electron chi connectivity index (χ0n) is 5.34. The highest BCUT2D eigenvalue weighted by atomic mass is 79.9. The molecular weight excluding hydrogens is 190 g/mol. The Bertz CT molecular complexity index is 282. The summed E-state index contributed by atoms with van der Waals surface area (Å²) in [5.41, 5.74) is 2.46. The van der Waals surface area contributed by atoms with Crippen LogP contribution in [0.15, 0.2) is 40.6 Å². The van der Waals surface area contributed by atoms with E-state index in [2.05, 4.69) is 39.2 Å². The van der Waals surface area contributed by atoms with E-state index in [4.69, 9.17) is 0 Å². The lowest BCUT2D eigenvalue weighted by Crippen LogP contribution is -1.92. The van der Waals surface area contributed by atoms with Crippen LogP contribution >= 0.6 is 15.9 Å². The maximum absolute atomic E-state index is 4.13. The first-order chi connectivity index (χ1) is 4.88. The Labute approximate surface area is 68.0 Å². The molecule has 0 atom stereocenters. The second-order valence-electron chi connectivity index (χ2n) is 2.26. The SMILES string of the molecule is BrC1=NC=C2C=CCC=C21. The molecule has 0 saturated carbocycles. The maximum atomic E-state index is 4.13. The van der Waals surface area contributed by atoms with Crippen LogP contribution in [0.3, 0.4) is 0 Å².